The lowest BCUT2D eigenvalue weighted by atomic mass is 9.93. The Bertz CT molecular complexity index is 346. The van der Waals surface area contributed by atoms with E-state index in [9.17, 15) is 0 Å². The van der Waals surface area contributed by atoms with E-state index in [2.05, 4.69) is 49.2 Å². The molecule has 1 aromatic rings. The fraction of sp³-hybridized carbons (Fsp3) is 0.714. The number of aryl methyl sites for hydroxylation is 1. The summed E-state index contributed by atoms with van der Waals surface area (Å²) >= 11 is 0. The summed E-state index contributed by atoms with van der Waals surface area (Å²) in [4.78, 5) is 0. The van der Waals surface area contributed by atoms with Crippen LogP contribution < -0.4 is 5.32 Å². The van der Waals surface area contributed by atoms with Crippen molar-refractivity contribution in [3.05, 3.63) is 24.0 Å². The van der Waals surface area contributed by atoms with Gasteiger partial charge in [-0.3, -0.25) is 0 Å². The molecule has 17 heavy (non-hydrogen) atoms. The zero-order chi connectivity index (χ0) is 12.3. The molecule has 1 fully saturated rings. The predicted molar refractivity (Wildman–Crippen MR) is 69.8 cm³/mol. The third-order valence-electron chi connectivity index (χ3n) is 3.55. The first-order valence-electron chi connectivity index (χ1n) is 6.60. The zero-order valence-electron chi connectivity index (χ0n) is 11.1. The highest BCUT2D eigenvalue weighted by atomic mass is 16.5. The summed E-state index contributed by atoms with van der Waals surface area (Å²) in [7, 11) is 2.06. The molecule has 3 heteroatoms. The highest BCUT2D eigenvalue weighted by Crippen LogP contribution is 2.26. The number of hydrogen-bond donors (Lipinski definition) is 1. The summed E-state index contributed by atoms with van der Waals surface area (Å²) in [6.07, 6.45) is 5.90. The number of hydrogen-bond acceptors (Lipinski definition) is 2. The molecule has 0 saturated carbocycles. The highest BCUT2D eigenvalue weighted by Gasteiger charge is 2.29. The predicted octanol–water partition coefficient (Wildman–Crippen LogP) is 2.18. The summed E-state index contributed by atoms with van der Waals surface area (Å²) in [5.74, 6) is 1.31. The van der Waals surface area contributed by atoms with E-state index in [1.807, 2.05) is 0 Å². The van der Waals surface area contributed by atoms with Crippen LogP contribution in [0, 0.1) is 11.8 Å². The topological polar surface area (TPSA) is 26.2 Å². The van der Waals surface area contributed by atoms with Crippen LogP contribution in [0.3, 0.4) is 0 Å². The van der Waals surface area contributed by atoms with Gasteiger partial charge in [-0.2, -0.15) is 0 Å². The van der Waals surface area contributed by atoms with Crippen LogP contribution in [-0.4, -0.2) is 23.8 Å². The van der Waals surface area contributed by atoms with E-state index in [-0.39, 0.29) is 0 Å². The Morgan fingerprint density at radius 2 is 2.35 bits per heavy atom. The molecule has 2 rings (SSSR count). The van der Waals surface area contributed by atoms with Gasteiger partial charge in [0.05, 0.1) is 6.10 Å². The third kappa shape index (κ3) is 3.33. The molecule has 0 amide bonds. The van der Waals surface area contributed by atoms with Crippen LogP contribution in [0.5, 0.6) is 0 Å². The molecule has 3 nitrogen and oxygen atoms in total. The van der Waals surface area contributed by atoms with Crippen LogP contribution >= 0.6 is 0 Å². The number of rotatable bonds is 5. The quantitative estimate of drug-likeness (QED) is 0.848. The van der Waals surface area contributed by atoms with Crippen LogP contribution in [-0.2, 0) is 18.3 Å². The number of nitrogens with zero attached hydrogens (tertiary/aromatic N) is 1. The Hall–Kier alpha value is -0.800. The van der Waals surface area contributed by atoms with E-state index >= 15 is 0 Å². The van der Waals surface area contributed by atoms with E-state index in [1.54, 1.807) is 0 Å². The SMILES string of the molecule is CC(C)[C@H]1OCC[C@@H]1CNCc1ccn(C)c1. The normalized spacial score (nSPS) is 24.7. The summed E-state index contributed by atoms with van der Waals surface area (Å²) in [6.45, 7) is 7.46. The molecule has 96 valence electrons. The maximum absolute atomic E-state index is 5.79. The van der Waals surface area contributed by atoms with E-state index in [0.717, 1.165) is 19.7 Å². The number of aromatic nitrogens is 1. The Morgan fingerprint density at radius 1 is 1.53 bits per heavy atom. The van der Waals surface area contributed by atoms with Crippen molar-refractivity contribution in [3.8, 4) is 0 Å². The van der Waals surface area contributed by atoms with Crippen LogP contribution in [0.2, 0.25) is 0 Å². The lowest BCUT2D eigenvalue weighted by molar-refractivity contribution is 0.0539. The second kappa shape index (κ2) is 5.69. The zero-order valence-corrected chi connectivity index (χ0v) is 11.1. The minimum absolute atomic E-state index is 0.443. The van der Waals surface area contributed by atoms with Crippen molar-refractivity contribution in [1.29, 1.82) is 0 Å². The largest absolute Gasteiger partial charge is 0.378 e. The summed E-state index contributed by atoms with van der Waals surface area (Å²) in [5.41, 5.74) is 1.35. The maximum atomic E-state index is 5.79. The first-order valence-corrected chi connectivity index (χ1v) is 6.60. The second-order valence-electron chi connectivity index (χ2n) is 5.44. The Kier molecular flexibility index (Phi) is 4.24. The third-order valence-corrected chi connectivity index (χ3v) is 3.55. The van der Waals surface area contributed by atoms with Crippen LogP contribution in [0.15, 0.2) is 18.5 Å². The van der Waals surface area contributed by atoms with Crippen molar-refractivity contribution in [2.24, 2.45) is 18.9 Å². The van der Waals surface area contributed by atoms with Crippen molar-refractivity contribution >= 4 is 0 Å². The van der Waals surface area contributed by atoms with Crippen LogP contribution in [0.4, 0.5) is 0 Å². The van der Waals surface area contributed by atoms with Crippen molar-refractivity contribution in [3.63, 3.8) is 0 Å². The summed E-state index contributed by atoms with van der Waals surface area (Å²) in [6, 6.07) is 2.16. The van der Waals surface area contributed by atoms with E-state index in [0.29, 0.717) is 17.9 Å². The maximum Gasteiger partial charge on any atom is 0.0639 e. The average Bonchev–Trinajstić information content (AvgIpc) is 2.87. The number of nitrogens with one attached hydrogen (secondary N) is 1. The van der Waals surface area contributed by atoms with Gasteiger partial charge in [-0.15, -0.1) is 0 Å². The minimum atomic E-state index is 0.443. The smallest absolute Gasteiger partial charge is 0.0639 e. The van der Waals surface area contributed by atoms with Gasteiger partial charge in [0.1, 0.15) is 0 Å². The van der Waals surface area contributed by atoms with Gasteiger partial charge in [0, 0.05) is 39.1 Å². The molecule has 1 aromatic heterocycles. The first-order chi connectivity index (χ1) is 8.16. The molecule has 0 bridgehead atoms. The van der Waals surface area contributed by atoms with Gasteiger partial charge in [-0.05, 0) is 29.9 Å². The standard InChI is InChI=1S/C14H24N2O/c1-11(2)14-13(5-7-17-14)9-15-8-12-4-6-16(3)10-12/h4,6,10-11,13-15H,5,7-9H2,1-3H3/t13-,14-/m1/s1. The Balaban J connectivity index is 1.74. The van der Waals surface area contributed by atoms with Crippen LogP contribution in [0.25, 0.3) is 0 Å². The van der Waals surface area contributed by atoms with Crippen molar-refractivity contribution in [2.45, 2.75) is 32.9 Å². The molecular weight excluding hydrogens is 212 g/mol. The fourth-order valence-electron chi connectivity index (χ4n) is 2.68. The second-order valence-corrected chi connectivity index (χ2v) is 5.44. The van der Waals surface area contributed by atoms with Gasteiger partial charge in [0.15, 0.2) is 0 Å². The van der Waals surface area contributed by atoms with Crippen molar-refractivity contribution < 1.29 is 4.74 Å². The molecule has 0 unspecified atom stereocenters. The van der Waals surface area contributed by atoms with Gasteiger partial charge in [-0.25, -0.2) is 0 Å². The molecule has 1 aliphatic heterocycles. The Morgan fingerprint density at radius 3 is 3.00 bits per heavy atom. The van der Waals surface area contributed by atoms with Gasteiger partial charge in [0.25, 0.3) is 0 Å². The van der Waals surface area contributed by atoms with Crippen molar-refractivity contribution in [2.75, 3.05) is 13.2 Å². The van der Waals surface area contributed by atoms with E-state index in [1.165, 1.54) is 12.0 Å². The van der Waals surface area contributed by atoms with Gasteiger partial charge >= 0.3 is 0 Å². The molecule has 0 radical (unpaired) electrons. The van der Waals surface area contributed by atoms with Gasteiger partial charge in [-0.1, -0.05) is 13.8 Å². The van der Waals surface area contributed by atoms with Gasteiger partial charge < -0.3 is 14.6 Å². The molecule has 0 aliphatic carbocycles. The molecule has 2 heterocycles. The molecule has 1 N–H and O–H groups in total. The molecule has 1 saturated heterocycles. The minimum Gasteiger partial charge on any atom is -0.378 e. The molecule has 2 atom stereocenters. The molecule has 0 spiro atoms. The molecule has 1 aliphatic rings. The summed E-state index contributed by atoms with van der Waals surface area (Å²) < 4.78 is 7.88. The lowest BCUT2D eigenvalue weighted by Crippen LogP contribution is -2.31. The Labute approximate surface area is 104 Å². The van der Waals surface area contributed by atoms with Crippen molar-refractivity contribution in [1.82, 2.24) is 9.88 Å². The fourth-order valence-corrected chi connectivity index (χ4v) is 2.68. The van der Waals surface area contributed by atoms with Crippen LogP contribution in [0.1, 0.15) is 25.8 Å². The average molecular weight is 236 g/mol. The van der Waals surface area contributed by atoms with Gasteiger partial charge in [0.2, 0.25) is 0 Å². The van der Waals surface area contributed by atoms with E-state index in [4.69, 9.17) is 4.74 Å². The first kappa shape index (κ1) is 12.7. The van der Waals surface area contributed by atoms with E-state index < -0.39 is 0 Å². The number of ether oxygens (including phenoxy) is 1. The lowest BCUT2D eigenvalue weighted by Gasteiger charge is -2.22. The highest BCUT2D eigenvalue weighted by molar-refractivity contribution is 5.09. The monoisotopic (exact) mass is 236 g/mol. The molecular formula is C14H24N2O. The summed E-state index contributed by atoms with van der Waals surface area (Å²) in [5, 5.41) is 3.55. The molecule has 0 aromatic carbocycles.